The second-order valence-corrected chi connectivity index (χ2v) is 7.18. The summed E-state index contributed by atoms with van der Waals surface area (Å²) in [7, 11) is 0. The zero-order valence-corrected chi connectivity index (χ0v) is 17.3. The van der Waals surface area contributed by atoms with Crippen LogP contribution in [0.25, 0.3) is 0 Å². The Balaban J connectivity index is 1.67. The largest absolute Gasteiger partial charge is 0.379 e. The molecule has 2 aromatic rings. The lowest BCUT2D eigenvalue weighted by Crippen LogP contribution is -2.39. The van der Waals surface area contributed by atoms with Crippen LogP contribution in [0.15, 0.2) is 53.5 Å². The number of hydrogen-bond acceptors (Lipinski definition) is 4. The fourth-order valence-electron chi connectivity index (χ4n) is 3.08. The number of ether oxygens (including phenoxy) is 1. The molecule has 1 aliphatic heterocycles. The Morgan fingerprint density at radius 2 is 1.76 bits per heavy atom. The van der Waals surface area contributed by atoms with Crippen molar-refractivity contribution in [1.82, 2.24) is 10.2 Å². The zero-order chi connectivity index (χ0) is 20.5. The van der Waals surface area contributed by atoms with Gasteiger partial charge in [0.1, 0.15) is 0 Å². The summed E-state index contributed by atoms with van der Waals surface area (Å²) in [6, 6.07) is 15.7. The van der Waals surface area contributed by atoms with Gasteiger partial charge in [0, 0.05) is 30.9 Å². The molecule has 0 aliphatic carbocycles. The fraction of sp³-hybridized carbons (Fsp3) is 0.391. The fourth-order valence-corrected chi connectivity index (χ4v) is 3.08. The second kappa shape index (κ2) is 10.7. The Hall–Kier alpha value is -2.70. The lowest BCUT2D eigenvalue weighted by atomic mass is 10.1. The quantitative estimate of drug-likeness (QED) is 0.584. The van der Waals surface area contributed by atoms with E-state index in [0.717, 1.165) is 45.0 Å². The third-order valence-corrected chi connectivity index (χ3v) is 4.96. The van der Waals surface area contributed by atoms with Gasteiger partial charge in [0.2, 0.25) is 5.96 Å². The van der Waals surface area contributed by atoms with Crippen molar-refractivity contribution in [2.24, 2.45) is 4.99 Å². The minimum Gasteiger partial charge on any atom is -0.379 e. The van der Waals surface area contributed by atoms with Crippen LogP contribution in [0.5, 0.6) is 0 Å². The van der Waals surface area contributed by atoms with Crippen molar-refractivity contribution in [3.05, 3.63) is 65.2 Å². The zero-order valence-electron chi connectivity index (χ0n) is 17.3. The van der Waals surface area contributed by atoms with Gasteiger partial charge in [-0.25, -0.2) is 0 Å². The van der Waals surface area contributed by atoms with Crippen molar-refractivity contribution in [3.8, 4) is 0 Å². The van der Waals surface area contributed by atoms with E-state index in [1.54, 1.807) is 0 Å². The molecule has 0 spiro atoms. The van der Waals surface area contributed by atoms with E-state index < -0.39 is 0 Å². The molecule has 2 aromatic carbocycles. The molecule has 1 amide bonds. The number of hydrogen-bond donors (Lipinski definition) is 2. The number of aryl methyl sites for hydroxylation is 2. The number of benzene rings is 2. The van der Waals surface area contributed by atoms with Crippen LogP contribution in [0.2, 0.25) is 0 Å². The minimum atomic E-state index is -0.169. The number of morpholine rings is 1. The molecular weight excluding hydrogens is 364 g/mol. The third-order valence-electron chi connectivity index (χ3n) is 4.96. The van der Waals surface area contributed by atoms with Crippen molar-refractivity contribution < 1.29 is 9.53 Å². The monoisotopic (exact) mass is 394 g/mol. The van der Waals surface area contributed by atoms with Crippen LogP contribution in [0.3, 0.4) is 0 Å². The molecule has 1 aliphatic rings. The van der Waals surface area contributed by atoms with Crippen molar-refractivity contribution >= 4 is 17.6 Å². The first-order valence-electron chi connectivity index (χ1n) is 10.2. The maximum atomic E-state index is 12.7. The molecule has 0 aromatic heterocycles. The predicted molar refractivity (Wildman–Crippen MR) is 118 cm³/mol. The molecule has 1 fully saturated rings. The number of nitrogens with one attached hydrogen (secondary N) is 2. The number of carbonyl (C=O) groups excluding carboxylic acids is 1. The summed E-state index contributed by atoms with van der Waals surface area (Å²) in [5.74, 6) is 0.295. The van der Waals surface area contributed by atoms with Gasteiger partial charge in [0.15, 0.2) is 0 Å². The number of carbonyl (C=O) groups is 1. The Bertz CT molecular complexity index is 810. The summed E-state index contributed by atoms with van der Waals surface area (Å²) in [6.07, 6.45) is 0.950. The van der Waals surface area contributed by atoms with E-state index in [-0.39, 0.29) is 5.91 Å². The topological polar surface area (TPSA) is 66.0 Å². The molecule has 0 bridgehead atoms. The SMILES string of the molecule is CCc1ccc(C(=O)NC(=NCCN2CCOCC2)Nc2ccc(C)cc2)cc1. The van der Waals surface area contributed by atoms with Crippen molar-refractivity contribution in [2.75, 3.05) is 44.7 Å². The number of nitrogens with zero attached hydrogens (tertiary/aromatic N) is 2. The maximum Gasteiger partial charge on any atom is 0.257 e. The molecule has 1 saturated heterocycles. The first-order chi connectivity index (χ1) is 14.1. The normalized spacial score (nSPS) is 15.2. The van der Waals surface area contributed by atoms with E-state index >= 15 is 0 Å². The standard InChI is InChI=1S/C23H30N4O2/c1-3-19-6-8-20(9-7-19)22(28)26-23(25-21-10-4-18(2)5-11-21)24-12-13-27-14-16-29-17-15-27/h4-11H,3,12-17H2,1-2H3,(H2,24,25,26,28). The highest BCUT2D eigenvalue weighted by Gasteiger charge is 2.12. The van der Waals surface area contributed by atoms with Crippen LogP contribution in [0.4, 0.5) is 5.69 Å². The molecule has 6 nitrogen and oxygen atoms in total. The maximum absolute atomic E-state index is 12.7. The van der Waals surface area contributed by atoms with Gasteiger partial charge in [0.05, 0.1) is 19.8 Å². The van der Waals surface area contributed by atoms with Gasteiger partial charge >= 0.3 is 0 Å². The molecule has 29 heavy (non-hydrogen) atoms. The van der Waals surface area contributed by atoms with Crippen LogP contribution in [0, 0.1) is 6.92 Å². The lowest BCUT2D eigenvalue weighted by molar-refractivity contribution is 0.0394. The highest BCUT2D eigenvalue weighted by molar-refractivity contribution is 6.09. The van der Waals surface area contributed by atoms with E-state index in [1.807, 2.05) is 55.5 Å². The summed E-state index contributed by atoms with van der Waals surface area (Å²) >= 11 is 0. The second-order valence-electron chi connectivity index (χ2n) is 7.18. The van der Waals surface area contributed by atoms with Crippen molar-refractivity contribution in [1.29, 1.82) is 0 Å². The van der Waals surface area contributed by atoms with Crippen LogP contribution >= 0.6 is 0 Å². The molecule has 2 N–H and O–H groups in total. The average Bonchev–Trinajstić information content (AvgIpc) is 2.76. The first kappa shape index (κ1) is 21.0. The highest BCUT2D eigenvalue weighted by Crippen LogP contribution is 2.09. The third kappa shape index (κ3) is 6.69. The van der Waals surface area contributed by atoms with Gasteiger partial charge < -0.3 is 10.1 Å². The van der Waals surface area contributed by atoms with Crippen molar-refractivity contribution in [3.63, 3.8) is 0 Å². The number of amides is 1. The Morgan fingerprint density at radius 1 is 1.07 bits per heavy atom. The minimum absolute atomic E-state index is 0.169. The van der Waals surface area contributed by atoms with Crippen LogP contribution in [-0.2, 0) is 11.2 Å². The average molecular weight is 395 g/mol. The summed E-state index contributed by atoms with van der Waals surface area (Å²) in [5, 5.41) is 6.17. The number of anilines is 1. The predicted octanol–water partition coefficient (Wildman–Crippen LogP) is 3.09. The van der Waals surface area contributed by atoms with E-state index in [9.17, 15) is 4.79 Å². The Kier molecular flexibility index (Phi) is 7.78. The molecule has 1 heterocycles. The first-order valence-corrected chi connectivity index (χ1v) is 10.2. The Labute approximate surface area is 173 Å². The van der Waals surface area contributed by atoms with Gasteiger partial charge in [-0.05, 0) is 43.2 Å². The lowest BCUT2D eigenvalue weighted by Gasteiger charge is -2.25. The molecular formula is C23H30N4O2. The van der Waals surface area contributed by atoms with Gasteiger partial charge in [-0.3, -0.25) is 20.0 Å². The van der Waals surface area contributed by atoms with Crippen LogP contribution in [-0.4, -0.2) is 56.2 Å². The molecule has 0 unspecified atom stereocenters. The molecule has 3 rings (SSSR count). The number of rotatable bonds is 6. The molecule has 0 atom stereocenters. The smallest absolute Gasteiger partial charge is 0.257 e. The van der Waals surface area contributed by atoms with E-state index in [2.05, 4.69) is 27.4 Å². The summed E-state index contributed by atoms with van der Waals surface area (Å²) in [5.41, 5.74) is 3.90. The van der Waals surface area contributed by atoms with Crippen molar-refractivity contribution in [2.45, 2.75) is 20.3 Å². The molecule has 0 radical (unpaired) electrons. The molecule has 0 saturated carbocycles. The van der Waals surface area contributed by atoms with E-state index in [0.29, 0.717) is 18.1 Å². The molecule has 6 heteroatoms. The summed E-state index contributed by atoms with van der Waals surface area (Å²) < 4.78 is 5.39. The highest BCUT2D eigenvalue weighted by atomic mass is 16.5. The van der Waals surface area contributed by atoms with Crippen LogP contribution in [0.1, 0.15) is 28.4 Å². The summed E-state index contributed by atoms with van der Waals surface area (Å²) in [6.45, 7) is 8.96. The van der Waals surface area contributed by atoms with E-state index in [1.165, 1.54) is 11.1 Å². The van der Waals surface area contributed by atoms with Crippen LogP contribution < -0.4 is 10.6 Å². The van der Waals surface area contributed by atoms with Gasteiger partial charge in [-0.2, -0.15) is 0 Å². The summed E-state index contributed by atoms with van der Waals surface area (Å²) in [4.78, 5) is 19.7. The molecule has 154 valence electrons. The van der Waals surface area contributed by atoms with E-state index in [4.69, 9.17) is 4.74 Å². The van der Waals surface area contributed by atoms with Gasteiger partial charge in [-0.1, -0.05) is 36.8 Å². The number of guanidine groups is 1. The van der Waals surface area contributed by atoms with Gasteiger partial charge in [-0.15, -0.1) is 0 Å². The van der Waals surface area contributed by atoms with Gasteiger partial charge in [0.25, 0.3) is 5.91 Å². The number of aliphatic imine (C=N–C) groups is 1. The Morgan fingerprint density at radius 3 is 2.41 bits per heavy atom.